The molecule has 1 amide bonds. The van der Waals surface area contributed by atoms with Crippen LogP contribution in [0.4, 0.5) is 8.78 Å². The molecule has 0 aliphatic carbocycles. The maximum Gasteiger partial charge on any atom is 0.317 e. The summed E-state index contributed by atoms with van der Waals surface area (Å²) in [7, 11) is 0. The number of likely N-dealkylation sites (tertiary alicyclic amines) is 1. The molecule has 3 rings (SSSR count). The summed E-state index contributed by atoms with van der Waals surface area (Å²) in [6, 6.07) is 7.13. The van der Waals surface area contributed by atoms with Crippen LogP contribution in [-0.2, 0) is 4.79 Å². The summed E-state index contributed by atoms with van der Waals surface area (Å²) in [6.45, 7) is 4.09. The normalized spacial score (nSPS) is 18.9. The highest BCUT2D eigenvalue weighted by Crippen LogP contribution is 2.35. The highest BCUT2D eigenvalue weighted by Gasteiger charge is 2.37. The van der Waals surface area contributed by atoms with Crippen LogP contribution in [0.1, 0.15) is 30.9 Å². The Kier molecular flexibility index (Phi) is 6.57. The van der Waals surface area contributed by atoms with Gasteiger partial charge in [-0.05, 0) is 36.6 Å². The van der Waals surface area contributed by atoms with Crippen molar-refractivity contribution >= 4 is 17.5 Å². The summed E-state index contributed by atoms with van der Waals surface area (Å²) in [5.41, 5.74) is 0.939. The fourth-order valence-corrected chi connectivity index (χ4v) is 3.32. The second-order valence-corrected chi connectivity index (χ2v) is 6.97. The molecule has 0 bridgehead atoms. The van der Waals surface area contributed by atoms with E-state index in [4.69, 9.17) is 16.3 Å². The first-order valence-electron chi connectivity index (χ1n) is 8.93. The number of alkyl halides is 1. The molecule has 148 valence electrons. The van der Waals surface area contributed by atoms with Crippen LogP contribution >= 0.6 is 11.6 Å². The number of carbonyl (C=O) groups excluding carboxylic acids is 1. The quantitative estimate of drug-likeness (QED) is 0.390. The molecule has 8 heteroatoms. The molecule has 2 unspecified atom stereocenters. The average molecular weight is 408 g/mol. The molecular weight excluding hydrogens is 388 g/mol. The number of amides is 1. The highest BCUT2D eigenvalue weighted by atomic mass is 35.5. The summed E-state index contributed by atoms with van der Waals surface area (Å²) in [6.07, 6.45) is 1.38. The van der Waals surface area contributed by atoms with Crippen molar-refractivity contribution in [3.63, 3.8) is 0 Å². The van der Waals surface area contributed by atoms with Gasteiger partial charge in [0.05, 0.1) is 19.2 Å². The molecule has 1 aromatic carbocycles. The zero-order valence-corrected chi connectivity index (χ0v) is 15.9. The summed E-state index contributed by atoms with van der Waals surface area (Å²) < 4.78 is 32.9. The van der Waals surface area contributed by atoms with E-state index in [0.717, 1.165) is 0 Å². The Morgan fingerprint density at radius 2 is 2.21 bits per heavy atom. The van der Waals surface area contributed by atoms with E-state index < -0.39 is 18.0 Å². The predicted octanol–water partition coefficient (Wildman–Crippen LogP) is 4.30. The van der Waals surface area contributed by atoms with E-state index >= 15 is 0 Å². The van der Waals surface area contributed by atoms with Gasteiger partial charge in [0.15, 0.2) is 0 Å². The SMILES string of the molecule is C=C(CCCOc1nccc(Cl)n1)C(=O)N1CC(F)CC1c1cccc(F)c1. The zero-order valence-electron chi connectivity index (χ0n) is 15.2. The maximum absolute atomic E-state index is 14.0. The molecule has 1 aliphatic rings. The summed E-state index contributed by atoms with van der Waals surface area (Å²) >= 11 is 5.76. The molecule has 2 heterocycles. The third-order valence-corrected chi connectivity index (χ3v) is 4.71. The number of halogens is 3. The second kappa shape index (κ2) is 9.10. The molecule has 0 radical (unpaired) electrons. The van der Waals surface area contributed by atoms with Crippen LogP contribution in [0.5, 0.6) is 6.01 Å². The molecule has 1 saturated heterocycles. The first kappa shape index (κ1) is 20.2. The summed E-state index contributed by atoms with van der Waals surface area (Å²) in [5, 5.41) is 0.280. The third-order valence-electron chi connectivity index (χ3n) is 4.50. The number of benzene rings is 1. The lowest BCUT2D eigenvalue weighted by atomic mass is 10.0. The van der Waals surface area contributed by atoms with E-state index in [-0.39, 0.29) is 36.6 Å². The van der Waals surface area contributed by atoms with Gasteiger partial charge in [-0.2, -0.15) is 4.98 Å². The molecule has 0 N–H and O–H groups in total. The van der Waals surface area contributed by atoms with Crippen molar-refractivity contribution in [1.82, 2.24) is 14.9 Å². The van der Waals surface area contributed by atoms with E-state index in [0.29, 0.717) is 24.0 Å². The molecule has 2 atom stereocenters. The minimum Gasteiger partial charge on any atom is -0.463 e. The molecule has 5 nitrogen and oxygen atoms in total. The smallest absolute Gasteiger partial charge is 0.317 e. The minimum absolute atomic E-state index is 0.0219. The third kappa shape index (κ3) is 5.04. The van der Waals surface area contributed by atoms with Crippen LogP contribution in [0, 0.1) is 5.82 Å². The largest absolute Gasteiger partial charge is 0.463 e. The average Bonchev–Trinajstić information content (AvgIpc) is 3.06. The summed E-state index contributed by atoms with van der Waals surface area (Å²) in [5.74, 6) is -0.736. The van der Waals surface area contributed by atoms with Crippen molar-refractivity contribution in [3.05, 3.63) is 65.2 Å². The van der Waals surface area contributed by atoms with Crippen LogP contribution in [0.25, 0.3) is 0 Å². The van der Waals surface area contributed by atoms with Crippen LogP contribution in [-0.4, -0.2) is 40.1 Å². The number of carbonyl (C=O) groups is 1. The van der Waals surface area contributed by atoms with Gasteiger partial charge in [0.2, 0.25) is 5.91 Å². The number of rotatable bonds is 7. The van der Waals surface area contributed by atoms with Gasteiger partial charge in [0.25, 0.3) is 0 Å². The Morgan fingerprint density at radius 1 is 1.39 bits per heavy atom. The Hall–Kier alpha value is -2.54. The molecular formula is C20H20ClF2N3O2. The van der Waals surface area contributed by atoms with Crippen molar-refractivity contribution in [2.75, 3.05) is 13.2 Å². The number of aromatic nitrogens is 2. The molecule has 1 aromatic heterocycles. The van der Waals surface area contributed by atoms with Crippen molar-refractivity contribution in [1.29, 1.82) is 0 Å². The first-order valence-corrected chi connectivity index (χ1v) is 9.31. The van der Waals surface area contributed by atoms with E-state index in [2.05, 4.69) is 16.5 Å². The van der Waals surface area contributed by atoms with E-state index in [9.17, 15) is 13.6 Å². The van der Waals surface area contributed by atoms with Crippen molar-refractivity contribution in [3.8, 4) is 6.01 Å². The lowest BCUT2D eigenvalue weighted by molar-refractivity contribution is -0.128. The van der Waals surface area contributed by atoms with Gasteiger partial charge < -0.3 is 9.64 Å². The van der Waals surface area contributed by atoms with E-state index in [1.54, 1.807) is 12.1 Å². The van der Waals surface area contributed by atoms with Crippen LogP contribution in [0.2, 0.25) is 5.15 Å². The van der Waals surface area contributed by atoms with E-state index in [1.807, 2.05) is 0 Å². The van der Waals surface area contributed by atoms with Crippen LogP contribution in [0.3, 0.4) is 0 Å². The Morgan fingerprint density at radius 3 is 2.96 bits per heavy atom. The van der Waals surface area contributed by atoms with Crippen LogP contribution < -0.4 is 4.74 Å². The van der Waals surface area contributed by atoms with Gasteiger partial charge in [0.1, 0.15) is 17.1 Å². The molecule has 1 fully saturated rings. The summed E-state index contributed by atoms with van der Waals surface area (Å²) in [4.78, 5) is 22.0. The van der Waals surface area contributed by atoms with Gasteiger partial charge in [-0.1, -0.05) is 30.3 Å². The number of hydrogen-bond donors (Lipinski definition) is 0. The molecule has 28 heavy (non-hydrogen) atoms. The zero-order chi connectivity index (χ0) is 20.1. The highest BCUT2D eigenvalue weighted by molar-refractivity contribution is 6.29. The lowest BCUT2D eigenvalue weighted by Crippen LogP contribution is -2.32. The Labute approximate surface area is 167 Å². The first-order chi connectivity index (χ1) is 13.4. The monoisotopic (exact) mass is 407 g/mol. The number of hydrogen-bond acceptors (Lipinski definition) is 4. The molecule has 0 spiro atoms. The predicted molar refractivity (Wildman–Crippen MR) is 101 cm³/mol. The minimum atomic E-state index is -1.15. The maximum atomic E-state index is 14.0. The van der Waals surface area contributed by atoms with Crippen molar-refractivity contribution < 1.29 is 18.3 Å². The number of nitrogens with zero attached hydrogens (tertiary/aromatic N) is 3. The van der Waals surface area contributed by atoms with Gasteiger partial charge in [0, 0.05) is 18.2 Å². The van der Waals surface area contributed by atoms with E-state index in [1.165, 1.54) is 29.3 Å². The molecule has 1 aliphatic heterocycles. The van der Waals surface area contributed by atoms with Gasteiger partial charge in [-0.3, -0.25) is 4.79 Å². The number of ether oxygens (including phenoxy) is 1. The standard InChI is InChI=1S/C20H20ClF2N3O2/c1-13(4-3-9-28-20-24-8-7-18(21)25-20)19(27)26-12-16(23)11-17(26)14-5-2-6-15(22)10-14/h2,5-8,10,16-17H,1,3-4,9,11-12H2. The fraction of sp³-hybridized carbons (Fsp3) is 0.350. The molecule has 2 aromatic rings. The Bertz CT molecular complexity index is 865. The van der Waals surface area contributed by atoms with Crippen LogP contribution in [0.15, 0.2) is 48.7 Å². The van der Waals surface area contributed by atoms with Crippen molar-refractivity contribution in [2.24, 2.45) is 0 Å². The topological polar surface area (TPSA) is 55.3 Å². The fourth-order valence-electron chi connectivity index (χ4n) is 3.19. The second-order valence-electron chi connectivity index (χ2n) is 6.58. The van der Waals surface area contributed by atoms with Gasteiger partial charge in [-0.15, -0.1) is 0 Å². The van der Waals surface area contributed by atoms with Gasteiger partial charge in [-0.25, -0.2) is 13.8 Å². The Balaban J connectivity index is 1.55. The van der Waals surface area contributed by atoms with Gasteiger partial charge >= 0.3 is 6.01 Å². The lowest BCUT2D eigenvalue weighted by Gasteiger charge is -2.25. The molecule has 0 saturated carbocycles. The van der Waals surface area contributed by atoms with Crippen molar-refractivity contribution in [2.45, 2.75) is 31.5 Å².